The van der Waals surface area contributed by atoms with E-state index in [1.165, 1.54) is 17.1 Å². The molecule has 0 unspecified atom stereocenters. The van der Waals surface area contributed by atoms with Crippen LogP contribution in [0.3, 0.4) is 0 Å². The zero-order valence-corrected chi connectivity index (χ0v) is 26.8. The van der Waals surface area contributed by atoms with E-state index in [4.69, 9.17) is 10.5 Å². The van der Waals surface area contributed by atoms with Gasteiger partial charge in [0.25, 0.3) is 11.5 Å². The number of likely N-dealkylation sites (tertiary alicyclic amines) is 1. The molecule has 3 N–H and O–H groups in total. The van der Waals surface area contributed by atoms with Gasteiger partial charge in [-0.25, -0.2) is 23.7 Å². The van der Waals surface area contributed by atoms with E-state index < -0.39 is 22.8 Å². The maximum absolute atomic E-state index is 13.4. The van der Waals surface area contributed by atoms with Crippen molar-refractivity contribution in [1.82, 2.24) is 28.6 Å². The van der Waals surface area contributed by atoms with Crippen LogP contribution < -0.4 is 22.3 Å². The third kappa shape index (κ3) is 5.99. The maximum atomic E-state index is 13.4. The molecule has 1 aliphatic heterocycles. The molecule has 2 amide bonds. The maximum Gasteiger partial charge on any atom is 0.410 e. The third-order valence-corrected chi connectivity index (χ3v) is 7.94. The van der Waals surface area contributed by atoms with Crippen LogP contribution in [0, 0.1) is 0 Å². The van der Waals surface area contributed by atoms with Crippen LogP contribution in [-0.2, 0) is 4.74 Å². The van der Waals surface area contributed by atoms with Crippen LogP contribution in [0.2, 0.25) is 0 Å². The Balaban J connectivity index is 1.27. The van der Waals surface area contributed by atoms with Crippen molar-refractivity contribution in [1.29, 1.82) is 0 Å². The van der Waals surface area contributed by atoms with E-state index in [0.717, 1.165) is 21.4 Å². The number of benzene rings is 2. The number of hydrogen-bond donors (Lipinski definition) is 2. The lowest BCUT2D eigenvalue weighted by Gasteiger charge is -2.39. The molecule has 1 aliphatic rings. The second-order valence-electron chi connectivity index (χ2n) is 12.8. The van der Waals surface area contributed by atoms with Gasteiger partial charge in [-0.05, 0) is 70.5 Å². The fourth-order valence-electron chi connectivity index (χ4n) is 5.58. The van der Waals surface area contributed by atoms with Gasteiger partial charge in [-0.1, -0.05) is 30.3 Å². The molecule has 0 radical (unpaired) electrons. The first-order valence-corrected chi connectivity index (χ1v) is 15.3. The third-order valence-electron chi connectivity index (χ3n) is 7.94. The van der Waals surface area contributed by atoms with Gasteiger partial charge in [0.2, 0.25) is 0 Å². The van der Waals surface area contributed by atoms with Gasteiger partial charge in [-0.15, -0.1) is 0 Å². The Morgan fingerprint density at radius 3 is 2.34 bits per heavy atom. The van der Waals surface area contributed by atoms with Crippen LogP contribution in [0.1, 0.15) is 62.6 Å². The van der Waals surface area contributed by atoms with Gasteiger partial charge in [0.1, 0.15) is 23.0 Å². The summed E-state index contributed by atoms with van der Waals surface area (Å²) in [4.78, 5) is 58.4. The summed E-state index contributed by atoms with van der Waals surface area (Å²) in [7, 11) is 0. The molecule has 1 fully saturated rings. The Hall–Kier alpha value is -5.72. The molecule has 3 aromatic heterocycles. The van der Waals surface area contributed by atoms with Crippen molar-refractivity contribution in [2.45, 2.75) is 52.2 Å². The molecule has 13 heteroatoms. The number of anilines is 2. The molecule has 0 saturated carbocycles. The number of nitrogen functional groups attached to an aromatic ring is 1. The molecule has 2 aromatic carbocycles. The summed E-state index contributed by atoms with van der Waals surface area (Å²) in [5.74, 6) is -0.321. The monoisotopic (exact) mass is 636 g/mol. The molecule has 0 bridgehead atoms. The fourth-order valence-corrected chi connectivity index (χ4v) is 5.58. The SMILES string of the molecule is CC(C)n1cc(C(=O)Nc2ccc(-c3cc(C4CN(C(=O)OC(C)(C)C)C4)n4ncnc(N)c34)cc2)c(=O)n(-c2ccccc2)c1=O. The highest BCUT2D eigenvalue weighted by Gasteiger charge is 2.37. The highest BCUT2D eigenvalue weighted by atomic mass is 16.6. The van der Waals surface area contributed by atoms with Crippen molar-refractivity contribution < 1.29 is 14.3 Å². The number of carbonyl (C=O) groups excluding carboxylic acids is 2. The van der Waals surface area contributed by atoms with Crippen molar-refractivity contribution >= 4 is 29.0 Å². The van der Waals surface area contributed by atoms with Gasteiger partial charge in [0.15, 0.2) is 5.82 Å². The van der Waals surface area contributed by atoms with Crippen LogP contribution in [0.15, 0.2) is 82.8 Å². The minimum atomic E-state index is -0.711. The lowest BCUT2D eigenvalue weighted by atomic mass is 9.96. The van der Waals surface area contributed by atoms with E-state index in [2.05, 4.69) is 15.4 Å². The van der Waals surface area contributed by atoms with Gasteiger partial charge in [0.05, 0.1) is 11.4 Å². The predicted molar refractivity (Wildman–Crippen MR) is 178 cm³/mol. The van der Waals surface area contributed by atoms with Gasteiger partial charge in [0, 0.05) is 42.5 Å². The van der Waals surface area contributed by atoms with E-state index in [1.54, 1.807) is 65.7 Å². The van der Waals surface area contributed by atoms with Crippen LogP contribution in [0.4, 0.5) is 16.3 Å². The number of ether oxygens (including phenoxy) is 1. The quantitative estimate of drug-likeness (QED) is 0.277. The highest BCUT2D eigenvalue weighted by Crippen LogP contribution is 2.37. The number of carbonyl (C=O) groups is 2. The van der Waals surface area contributed by atoms with Crippen molar-refractivity contribution in [3.8, 4) is 16.8 Å². The normalized spacial score (nSPS) is 13.5. The van der Waals surface area contributed by atoms with Crippen LogP contribution in [0.5, 0.6) is 0 Å². The van der Waals surface area contributed by atoms with Gasteiger partial charge in [-0.3, -0.25) is 14.2 Å². The molecule has 5 aromatic rings. The number of hydrogen-bond acceptors (Lipinski definition) is 8. The first-order valence-electron chi connectivity index (χ1n) is 15.3. The van der Waals surface area contributed by atoms with Crippen LogP contribution >= 0.6 is 0 Å². The largest absolute Gasteiger partial charge is 0.444 e. The number of fused-ring (bicyclic) bond motifs is 1. The number of para-hydroxylation sites is 1. The Morgan fingerprint density at radius 1 is 1.02 bits per heavy atom. The van der Waals surface area contributed by atoms with Crippen molar-refractivity contribution in [2.75, 3.05) is 24.1 Å². The molecule has 6 rings (SSSR count). The molecule has 47 heavy (non-hydrogen) atoms. The molecule has 0 aliphatic carbocycles. The van der Waals surface area contributed by atoms with E-state index in [0.29, 0.717) is 35.8 Å². The first kappa shape index (κ1) is 31.3. The van der Waals surface area contributed by atoms with Crippen molar-refractivity contribution in [3.63, 3.8) is 0 Å². The molecular weight excluding hydrogens is 600 g/mol. The van der Waals surface area contributed by atoms with E-state index in [9.17, 15) is 19.2 Å². The van der Waals surface area contributed by atoms with Gasteiger partial charge in [-0.2, -0.15) is 5.10 Å². The average Bonchev–Trinajstić information content (AvgIpc) is 3.37. The fraction of sp³-hybridized carbons (Fsp3) is 0.294. The van der Waals surface area contributed by atoms with E-state index in [1.807, 2.05) is 39.0 Å². The Bertz CT molecular complexity index is 2100. The summed E-state index contributed by atoms with van der Waals surface area (Å²) in [6, 6.07) is 17.3. The summed E-state index contributed by atoms with van der Waals surface area (Å²) < 4.78 is 9.63. The first-order chi connectivity index (χ1) is 22.3. The Morgan fingerprint density at radius 2 is 1.70 bits per heavy atom. The Kier molecular flexibility index (Phi) is 7.91. The number of nitrogens with zero attached hydrogens (tertiary/aromatic N) is 6. The topological polar surface area (TPSA) is 159 Å². The molecular formula is C34H36N8O5. The number of nitrogens with two attached hydrogens (primary N) is 1. The lowest BCUT2D eigenvalue weighted by Crippen LogP contribution is -2.50. The summed E-state index contributed by atoms with van der Waals surface area (Å²) in [5, 5.41) is 7.24. The van der Waals surface area contributed by atoms with E-state index in [-0.39, 0.29) is 23.6 Å². The Labute approximate surface area is 270 Å². The average molecular weight is 637 g/mol. The second-order valence-corrected chi connectivity index (χ2v) is 12.8. The molecule has 242 valence electrons. The van der Waals surface area contributed by atoms with Crippen molar-refractivity contribution in [2.24, 2.45) is 0 Å². The minimum absolute atomic E-state index is 0.0191. The summed E-state index contributed by atoms with van der Waals surface area (Å²) in [6.07, 6.45) is 2.34. The molecule has 0 spiro atoms. The smallest absolute Gasteiger partial charge is 0.410 e. The summed E-state index contributed by atoms with van der Waals surface area (Å²) >= 11 is 0. The second kappa shape index (κ2) is 11.9. The predicted octanol–water partition coefficient (Wildman–Crippen LogP) is 4.46. The summed E-state index contributed by atoms with van der Waals surface area (Å²) in [6.45, 7) is 10.1. The molecule has 4 heterocycles. The van der Waals surface area contributed by atoms with Crippen LogP contribution in [0.25, 0.3) is 22.3 Å². The molecule has 13 nitrogen and oxygen atoms in total. The minimum Gasteiger partial charge on any atom is -0.444 e. The van der Waals surface area contributed by atoms with E-state index >= 15 is 0 Å². The lowest BCUT2D eigenvalue weighted by molar-refractivity contribution is 0.00773. The number of nitrogens with one attached hydrogen (secondary N) is 1. The van der Waals surface area contributed by atoms with Gasteiger partial charge >= 0.3 is 11.8 Å². The number of aromatic nitrogens is 5. The standard InChI is InChI=1S/C34H36N8O5/c1-20(2)40-18-26(31(44)41(32(40)45)24-9-7-6-8-10-24)30(43)38-23-13-11-21(12-14-23)25-15-27(42-28(25)29(35)36-19-37-42)22-16-39(17-22)33(46)47-34(3,4)5/h6-15,18-20,22H,16-17H2,1-5H3,(H,38,43)(H2,35,36,37). The van der Waals surface area contributed by atoms with Gasteiger partial charge < -0.3 is 20.7 Å². The number of amides is 2. The summed E-state index contributed by atoms with van der Waals surface area (Å²) in [5.41, 5.74) is 8.26. The zero-order chi connectivity index (χ0) is 33.6. The van der Waals surface area contributed by atoms with Crippen molar-refractivity contribution in [3.05, 3.63) is 105 Å². The number of rotatable bonds is 6. The molecule has 1 saturated heterocycles. The molecule has 0 atom stereocenters. The highest BCUT2D eigenvalue weighted by molar-refractivity contribution is 6.04. The van der Waals surface area contributed by atoms with Crippen LogP contribution in [-0.4, -0.2) is 59.3 Å². The zero-order valence-electron chi connectivity index (χ0n) is 26.8.